The van der Waals surface area contributed by atoms with Crippen molar-refractivity contribution >= 4 is 36.7 Å². The van der Waals surface area contributed by atoms with Gasteiger partial charge in [-0.3, -0.25) is 28.5 Å². The van der Waals surface area contributed by atoms with Crippen LogP contribution in [0.4, 0.5) is 0 Å². The van der Waals surface area contributed by atoms with Gasteiger partial charge in [-0.25, -0.2) is 4.57 Å². The van der Waals surface area contributed by atoms with Crippen LogP contribution in [0.2, 0.25) is 0 Å². The lowest BCUT2D eigenvalue weighted by Crippen LogP contribution is -2.81. The number of aliphatic hydroxyl groups is 4. The van der Waals surface area contributed by atoms with E-state index in [4.69, 9.17) is 9.79 Å². The molecular weight excluding hydrogens is 407 g/mol. The van der Waals surface area contributed by atoms with Crippen molar-refractivity contribution in [2.45, 2.75) is 50.6 Å². The molecule has 14 heteroatoms. The van der Waals surface area contributed by atoms with Crippen LogP contribution in [0, 0.1) is 0 Å². The van der Waals surface area contributed by atoms with Gasteiger partial charge in [-0.15, -0.1) is 0 Å². The van der Waals surface area contributed by atoms with E-state index in [0.29, 0.717) is 27.7 Å². The van der Waals surface area contributed by atoms with Crippen LogP contribution >= 0.6 is 7.82 Å². The first kappa shape index (κ1) is 26.3. The Morgan fingerprint density at radius 2 is 1.32 bits per heavy atom. The van der Waals surface area contributed by atoms with Crippen LogP contribution in [0.3, 0.4) is 0 Å². The number of hydrogen-bond donors (Lipinski definition) is 6. The average molecular weight is 428 g/mol. The first-order chi connectivity index (χ1) is 12.3. The number of ketones is 5. The van der Waals surface area contributed by atoms with Gasteiger partial charge < -0.3 is 30.2 Å². The minimum atomic E-state index is -5.29. The Bertz CT molecular complexity index is 754. The summed E-state index contributed by atoms with van der Waals surface area (Å²) in [6, 6.07) is 0. The molecule has 0 rings (SSSR count). The average Bonchev–Trinajstić information content (AvgIpc) is 2.54. The van der Waals surface area contributed by atoms with E-state index >= 15 is 0 Å². The first-order valence-electron chi connectivity index (χ1n) is 7.45. The molecule has 0 aliphatic heterocycles. The molecule has 0 heterocycles. The van der Waals surface area contributed by atoms with Gasteiger partial charge in [0.2, 0.25) is 17.0 Å². The van der Waals surface area contributed by atoms with E-state index in [1.807, 2.05) is 0 Å². The topological polar surface area (TPSA) is 233 Å². The Morgan fingerprint density at radius 3 is 1.57 bits per heavy atom. The Morgan fingerprint density at radius 1 is 0.893 bits per heavy atom. The van der Waals surface area contributed by atoms with Crippen molar-refractivity contribution in [1.29, 1.82) is 0 Å². The molecule has 0 aromatic carbocycles. The summed E-state index contributed by atoms with van der Waals surface area (Å²) in [5.74, 6) is -8.88. The molecule has 0 bridgehead atoms. The van der Waals surface area contributed by atoms with Crippen molar-refractivity contribution in [3.05, 3.63) is 0 Å². The Balaban J connectivity index is 6.96. The normalized spacial score (nSPS) is 19.5. The van der Waals surface area contributed by atoms with Crippen molar-refractivity contribution < 1.29 is 63.3 Å². The van der Waals surface area contributed by atoms with Crippen LogP contribution < -0.4 is 0 Å². The number of Topliss-reactive ketones (excluding diaryl/α,β-unsaturated/α-hetero) is 5. The monoisotopic (exact) mass is 428 g/mol. The minimum absolute atomic E-state index is 0.422. The van der Waals surface area contributed by atoms with Crippen LogP contribution in [0.25, 0.3) is 0 Å². The van der Waals surface area contributed by atoms with Crippen molar-refractivity contribution in [2.75, 3.05) is 6.61 Å². The lowest BCUT2D eigenvalue weighted by atomic mass is 9.61. The highest BCUT2D eigenvalue weighted by atomic mass is 31.2. The minimum Gasteiger partial charge on any atom is -0.387 e. The van der Waals surface area contributed by atoms with Gasteiger partial charge in [0, 0.05) is 6.92 Å². The molecule has 28 heavy (non-hydrogen) atoms. The molecule has 0 aliphatic rings. The number of phosphoric acid groups is 1. The quantitative estimate of drug-likeness (QED) is 0.107. The third-order valence-corrected chi connectivity index (χ3v) is 4.65. The SMILES string of the molecule is CC(=O)C(=O)[C@@](O)(C(C)=O)[C@](O)(C(C)=O)[C@@](O)(C(C)=O)[C@H](O)COP(=O)(O)O. The second kappa shape index (κ2) is 8.35. The number of aliphatic hydroxyl groups excluding tert-OH is 1. The van der Waals surface area contributed by atoms with E-state index in [9.17, 15) is 49.0 Å². The maximum Gasteiger partial charge on any atom is 0.469 e. The van der Waals surface area contributed by atoms with Gasteiger partial charge in [-0.05, 0) is 20.8 Å². The largest absolute Gasteiger partial charge is 0.469 e. The van der Waals surface area contributed by atoms with Crippen LogP contribution in [0.15, 0.2) is 0 Å². The van der Waals surface area contributed by atoms with Crippen LogP contribution in [0.5, 0.6) is 0 Å². The Labute approximate surface area is 158 Å². The van der Waals surface area contributed by atoms with E-state index in [0.717, 1.165) is 0 Å². The fourth-order valence-corrected chi connectivity index (χ4v) is 2.99. The summed E-state index contributed by atoms with van der Waals surface area (Å²) >= 11 is 0. The summed E-state index contributed by atoms with van der Waals surface area (Å²) in [7, 11) is -5.29. The molecule has 0 amide bonds. The summed E-state index contributed by atoms with van der Waals surface area (Å²) in [5.41, 5.74) is -12.0. The second-order valence-electron chi connectivity index (χ2n) is 6.04. The van der Waals surface area contributed by atoms with Crippen LogP contribution in [-0.4, -0.2) is 88.6 Å². The van der Waals surface area contributed by atoms with Gasteiger partial charge in [0.05, 0.1) is 6.61 Å². The highest BCUT2D eigenvalue weighted by molar-refractivity contribution is 7.46. The molecule has 6 N–H and O–H groups in total. The standard InChI is InChI=1S/C14H21O13P/c1-6(15)11(20)13(22,8(3)17)14(23,9(4)18)12(21,7(2)16)10(19)5-27-28(24,25)26/h10,19,21-23H,5H2,1-4H3,(H2,24,25,26)/t10-,12-,13+,14+/m1/s1. The zero-order valence-corrected chi connectivity index (χ0v) is 16.2. The van der Waals surface area contributed by atoms with E-state index in [1.54, 1.807) is 0 Å². The molecule has 4 atom stereocenters. The highest BCUT2D eigenvalue weighted by Gasteiger charge is 2.74. The van der Waals surface area contributed by atoms with E-state index in [2.05, 4.69) is 4.52 Å². The third-order valence-electron chi connectivity index (χ3n) is 4.16. The van der Waals surface area contributed by atoms with Gasteiger partial charge in [-0.2, -0.15) is 0 Å². The smallest absolute Gasteiger partial charge is 0.387 e. The summed E-state index contributed by atoms with van der Waals surface area (Å²) < 4.78 is 14.7. The van der Waals surface area contributed by atoms with Crippen molar-refractivity contribution in [3.63, 3.8) is 0 Å². The number of phosphoric ester groups is 1. The number of rotatable bonds is 11. The molecule has 0 saturated carbocycles. The third kappa shape index (κ3) is 4.16. The predicted molar refractivity (Wildman–Crippen MR) is 86.6 cm³/mol. The Hall–Kier alpha value is -1.70. The summed E-state index contributed by atoms with van der Waals surface area (Å²) in [4.78, 5) is 77.2. The Kier molecular flexibility index (Phi) is 7.84. The molecule has 0 radical (unpaired) electrons. The molecule has 0 spiro atoms. The summed E-state index contributed by atoms with van der Waals surface area (Å²) in [5, 5.41) is 42.1. The molecule has 0 aromatic heterocycles. The van der Waals surface area contributed by atoms with E-state index in [-0.39, 0.29) is 0 Å². The number of carbonyl (C=O) groups excluding carboxylic acids is 5. The predicted octanol–water partition coefficient (Wildman–Crippen LogP) is -3.42. The first-order valence-corrected chi connectivity index (χ1v) is 8.98. The van der Waals surface area contributed by atoms with Crippen molar-refractivity contribution in [2.24, 2.45) is 0 Å². The summed E-state index contributed by atoms with van der Waals surface area (Å²) in [6.07, 6.45) is -2.85. The maximum absolute atomic E-state index is 12.2. The fourth-order valence-electron chi connectivity index (χ4n) is 2.65. The van der Waals surface area contributed by atoms with E-state index in [1.165, 1.54) is 0 Å². The summed E-state index contributed by atoms with van der Waals surface area (Å²) in [6.45, 7) is 0.308. The molecule has 0 saturated heterocycles. The molecule has 0 fully saturated rings. The maximum atomic E-state index is 12.2. The lowest BCUT2D eigenvalue weighted by molar-refractivity contribution is -0.245. The highest BCUT2D eigenvalue weighted by Crippen LogP contribution is 2.42. The van der Waals surface area contributed by atoms with Gasteiger partial charge >= 0.3 is 7.82 Å². The molecule has 0 unspecified atom stereocenters. The van der Waals surface area contributed by atoms with Crippen LogP contribution in [0.1, 0.15) is 27.7 Å². The van der Waals surface area contributed by atoms with Crippen LogP contribution in [-0.2, 0) is 33.1 Å². The fraction of sp³-hybridized carbons (Fsp3) is 0.643. The number of carbonyl (C=O) groups is 5. The molecular formula is C14H21O13P. The van der Waals surface area contributed by atoms with Gasteiger partial charge in [0.15, 0.2) is 28.7 Å². The van der Waals surface area contributed by atoms with Crippen molar-refractivity contribution in [3.8, 4) is 0 Å². The second-order valence-corrected chi connectivity index (χ2v) is 7.28. The zero-order valence-electron chi connectivity index (χ0n) is 15.3. The van der Waals surface area contributed by atoms with Crippen molar-refractivity contribution in [1.82, 2.24) is 0 Å². The molecule has 0 aromatic rings. The molecule has 160 valence electrons. The van der Waals surface area contributed by atoms with Gasteiger partial charge in [0.25, 0.3) is 0 Å². The number of hydrogen-bond acceptors (Lipinski definition) is 11. The zero-order chi connectivity index (χ0) is 22.9. The van der Waals surface area contributed by atoms with Gasteiger partial charge in [-0.1, -0.05) is 0 Å². The molecule has 13 nitrogen and oxygen atoms in total. The van der Waals surface area contributed by atoms with Gasteiger partial charge in [0.1, 0.15) is 6.10 Å². The molecule has 0 aliphatic carbocycles. The lowest BCUT2D eigenvalue weighted by Gasteiger charge is -2.48. The van der Waals surface area contributed by atoms with E-state index < -0.39 is 66.3 Å².